The maximum absolute atomic E-state index is 12.0. The van der Waals surface area contributed by atoms with Gasteiger partial charge in [0.2, 0.25) is 0 Å². The highest BCUT2D eigenvalue weighted by atomic mass is 35.5. The zero-order valence-electron chi connectivity index (χ0n) is 12.9. The summed E-state index contributed by atoms with van der Waals surface area (Å²) >= 11 is 0. The predicted molar refractivity (Wildman–Crippen MR) is 86.5 cm³/mol. The van der Waals surface area contributed by atoms with Crippen molar-refractivity contribution in [1.82, 2.24) is 5.31 Å². The number of rotatable bonds is 6. The van der Waals surface area contributed by atoms with E-state index >= 15 is 0 Å². The number of ether oxygens (including phenoxy) is 1. The molecule has 0 unspecified atom stereocenters. The average molecular weight is 308 g/mol. The number of carbonyl (C=O) groups is 1. The van der Waals surface area contributed by atoms with Crippen LogP contribution in [0.2, 0.25) is 1.41 Å². The molecule has 0 aromatic heterocycles. The molecule has 112 valence electrons. The lowest BCUT2D eigenvalue weighted by molar-refractivity contribution is -0.143. The minimum atomic E-state index is -0.613. The Kier molecular flexibility index (Phi) is 6.78. The smallest absolute Gasteiger partial charge is 0.323 e. The van der Waals surface area contributed by atoms with Crippen molar-refractivity contribution >= 4 is 18.4 Å². The average Bonchev–Trinajstić information content (AvgIpc) is 2.53. The van der Waals surface area contributed by atoms with Crippen LogP contribution < -0.4 is 5.31 Å². The number of hydrogen-bond acceptors (Lipinski definition) is 3. The Morgan fingerprint density at radius 1 is 1.10 bits per heavy atom. The lowest BCUT2D eigenvalue weighted by atomic mass is 10.1. The second-order valence-corrected chi connectivity index (χ2v) is 4.55. The first kappa shape index (κ1) is 15.5. The minimum Gasteiger partial charge on any atom is -0.468 e. The number of hydrogen-bond donors (Lipinski definition) is 1. The number of halogens is 1. The Bertz CT molecular complexity index is 565. The summed E-state index contributed by atoms with van der Waals surface area (Å²) in [5, 5.41) is 1.29. The Labute approximate surface area is 133 Å². The van der Waals surface area contributed by atoms with Crippen LogP contribution in [0.15, 0.2) is 60.7 Å². The zero-order chi connectivity index (χ0) is 15.1. The molecule has 2 aromatic rings. The van der Waals surface area contributed by atoms with Crippen molar-refractivity contribution in [2.24, 2.45) is 0 Å². The van der Waals surface area contributed by atoms with Crippen molar-refractivity contribution in [1.29, 1.82) is 0 Å². The molecule has 0 bridgehead atoms. The van der Waals surface area contributed by atoms with Gasteiger partial charge in [-0.1, -0.05) is 60.7 Å². The topological polar surface area (TPSA) is 38.3 Å². The molecule has 2 rings (SSSR count). The molecule has 2 aromatic carbocycles. The van der Waals surface area contributed by atoms with Gasteiger partial charge in [-0.25, -0.2) is 0 Å². The molecular formula is C17H20ClNO2. The lowest BCUT2D eigenvalue weighted by Crippen LogP contribution is -2.39. The standard InChI is InChI=1S/C17H19NO2.ClH/c1-20-17(19)16(12-14-8-4-2-5-9-14)18-13-15-10-6-3-7-11-15;/h2-11,16,18H,12-13H2,1H3;1H/t16-;/m0./s1/i/hT. The molecule has 0 aliphatic carbocycles. The highest BCUT2D eigenvalue weighted by molar-refractivity contribution is 5.85. The van der Waals surface area contributed by atoms with E-state index in [1.54, 1.807) is 0 Å². The fourth-order valence-electron chi connectivity index (χ4n) is 1.99. The normalized spacial score (nSPS) is 12.2. The van der Waals surface area contributed by atoms with E-state index in [9.17, 15) is 4.79 Å². The van der Waals surface area contributed by atoms with Gasteiger partial charge < -0.3 is 10.0 Å². The van der Waals surface area contributed by atoms with Crippen LogP contribution in [0.5, 0.6) is 0 Å². The first-order valence-electron chi connectivity index (χ1n) is 7.06. The van der Waals surface area contributed by atoms with Crippen molar-refractivity contribution in [3.05, 3.63) is 71.8 Å². The summed E-state index contributed by atoms with van der Waals surface area (Å²) in [6, 6.07) is 18.7. The molecule has 3 nitrogen and oxygen atoms in total. The summed E-state index contributed by atoms with van der Waals surface area (Å²) in [6.07, 6.45) is 0.462. The second-order valence-electron chi connectivity index (χ2n) is 4.55. The SMILES string of the molecule is Cl.[3H]N(Cc1ccccc1)[C@@H](Cc1ccccc1)C(=O)OC. The minimum absolute atomic E-state index is 0. The summed E-state index contributed by atoms with van der Waals surface area (Å²) in [6.45, 7) is 0.382. The number of nitrogens with one attached hydrogen (secondary N) is 1. The Morgan fingerprint density at radius 2 is 1.62 bits per heavy atom. The van der Waals surface area contributed by atoms with Crippen LogP contribution >= 0.6 is 12.4 Å². The summed E-state index contributed by atoms with van der Waals surface area (Å²) in [4.78, 5) is 12.0. The molecule has 4 heteroatoms. The lowest BCUT2D eigenvalue weighted by Gasteiger charge is -2.16. The third kappa shape index (κ3) is 5.58. The Hall–Kier alpha value is -1.84. The zero-order valence-corrected chi connectivity index (χ0v) is 12.8. The fraction of sp³-hybridized carbons (Fsp3) is 0.235. The molecule has 0 amide bonds. The third-order valence-corrected chi connectivity index (χ3v) is 3.08. The summed E-state index contributed by atoms with van der Waals surface area (Å²) in [5.74, 6) is -0.384. The van der Waals surface area contributed by atoms with Gasteiger partial charge in [-0.2, -0.15) is 0 Å². The first-order chi connectivity index (χ1) is 10.2. The molecule has 0 radical (unpaired) electrons. The van der Waals surface area contributed by atoms with Gasteiger partial charge in [0, 0.05) is 6.54 Å². The van der Waals surface area contributed by atoms with Crippen LogP contribution in [0.4, 0.5) is 0 Å². The first-order valence-corrected chi connectivity index (χ1v) is 6.62. The molecule has 0 aliphatic rings. The molecule has 0 saturated heterocycles. The van der Waals surface area contributed by atoms with Crippen LogP contribution in [0, 0.1) is 0 Å². The summed E-state index contributed by atoms with van der Waals surface area (Å²) in [7, 11) is 1.36. The van der Waals surface area contributed by atoms with E-state index in [0.29, 0.717) is 13.0 Å². The Balaban J connectivity index is 0.00000242. The number of carbonyl (C=O) groups excluding carboxylic acids is 1. The molecule has 0 spiro atoms. The molecule has 0 saturated carbocycles. The van der Waals surface area contributed by atoms with Crippen molar-refractivity contribution in [3.63, 3.8) is 0 Å². The second kappa shape index (κ2) is 9.16. The quantitative estimate of drug-likeness (QED) is 0.834. The van der Waals surface area contributed by atoms with Gasteiger partial charge in [-0.05, 0) is 17.5 Å². The molecule has 21 heavy (non-hydrogen) atoms. The molecular weight excluding hydrogens is 286 g/mol. The molecule has 0 aliphatic heterocycles. The van der Waals surface area contributed by atoms with Crippen molar-refractivity contribution in [2.75, 3.05) is 7.11 Å². The van der Waals surface area contributed by atoms with Gasteiger partial charge in [0.1, 0.15) is 7.45 Å². The van der Waals surface area contributed by atoms with Gasteiger partial charge in [-0.3, -0.25) is 4.79 Å². The predicted octanol–water partition coefficient (Wildman–Crippen LogP) is 2.98. The van der Waals surface area contributed by atoms with Crippen LogP contribution in [-0.2, 0) is 22.5 Å². The summed E-state index contributed by atoms with van der Waals surface area (Å²) in [5.41, 5.74) is 2.01. The summed E-state index contributed by atoms with van der Waals surface area (Å²) < 4.78 is 13.0. The largest absolute Gasteiger partial charge is 0.468 e. The van der Waals surface area contributed by atoms with Crippen LogP contribution in [0.25, 0.3) is 0 Å². The highest BCUT2D eigenvalue weighted by Crippen LogP contribution is 2.06. The maximum Gasteiger partial charge on any atom is 0.323 e. The molecule has 0 heterocycles. The molecule has 1 N–H and O–H groups in total. The Morgan fingerprint density at radius 3 is 2.14 bits per heavy atom. The van der Waals surface area contributed by atoms with Gasteiger partial charge in [0.15, 0.2) is 0 Å². The molecule has 0 fully saturated rings. The molecule has 1 atom stereocenters. The van der Waals surface area contributed by atoms with Crippen molar-refractivity contribution in [3.8, 4) is 0 Å². The van der Waals surface area contributed by atoms with Crippen molar-refractivity contribution in [2.45, 2.75) is 19.0 Å². The highest BCUT2D eigenvalue weighted by Gasteiger charge is 2.18. The van der Waals surface area contributed by atoms with Crippen LogP contribution in [0.1, 0.15) is 11.1 Å². The fourth-order valence-corrected chi connectivity index (χ4v) is 1.99. The maximum atomic E-state index is 12.0. The van der Waals surface area contributed by atoms with Crippen molar-refractivity contribution < 1.29 is 10.9 Å². The van der Waals surface area contributed by atoms with E-state index in [4.69, 9.17) is 6.15 Å². The van der Waals surface area contributed by atoms with E-state index in [2.05, 4.69) is 0 Å². The van der Waals surface area contributed by atoms with Gasteiger partial charge in [0.05, 0.1) is 7.11 Å². The van der Waals surface area contributed by atoms with Crippen LogP contribution in [0.3, 0.4) is 0 Å². The third-order valence-electron chi connectivity index (χ3n) is 3.08. The van der Waals surface area contributed by atoms with Crippen LogP contribution in [-0.4, -0.2) is 19.1 Å². The number of methoxy groups -OCH3 is 1. The van der Waals surface area contributed by atoms with E-state index in [1.165, 1.54) is 12.4 Å². The van der Waals surface area contributed by atoms with E-state index in [-0.39, 0.29) is 18.4 Å². The van der Waals surface area contributed by atoms with Gasteiger partial charge in [0.25, 0.3) is 0 Å². The monoisotopic (exact) mass is 307 g/mol. The van der Waals surface area contributed by atoms with E-state index < -0.39 is 6.04 Å². The van der Waals surface area contributed by atoms with E-state index in [0.717, 1.165) is 11.1 Å². The number of esters is 1. The number of benzene rings is 2. The van der Waals surface area contributed by atoms with Gasteiger partial charge in [-0.15, -0.1) is 12.4 Å². The van der Waals surface area contributed by atoms with Gasteiger partial charge >= 0.3 is 5.97 Å². The van der Waals surface area contributed by atoms with E-state index in [1.807, 2.05) is 60.7 Å².